The molecule has 0 fully saturated rings. The van der Waals surface area contributed by atoms with E-state index in [1.165, 1.54) is 33.4 Å². The lowest BCUT2D eigenvalue weighted by atomic mass is 9.90. The number of rotatable bonds is 5. The van der Waals surface area contributed by atoms with Crippen LogP contribution in [0, 0.1) is 41.5 Å². The average molecular weight is 376 g/mol. The molecule has 0 atom stereocenters. The molecule has 0 spiro atoms. The fourth-order valence-corrected chi connectivity index (χ4v) is 4.08. The van der Waals surface area contributed by atoms with Crippen LogP contribution >= 0.6 is 23.4 Å². The standard InChI is InChI=1S/C21H26ClNOS/c1-12-7-8-18(9-20(12)22)23-21(24)11-25-10-19-16(5)14(3)13(2)15(4)17(19)6/h7-9H,10-11H2,1-6H3,(H,23,24). The van der Waals surface area contributed by atoms with Crippen molar-refractivity contribution in [1.82, 2.24) is 0 Å². The summed E-state index contributed by atoms with van der Waals surface area (Å²) >= 11 is 7.75. The third-order valence-corrected chi connectivity index (χ3v) is 6.46. The summed E-state index contributed by atoms with van der Waals surface area (Å²) in [5.74, 6) is 1.28. The van der Waals surface area contributed by atoms with Crippen LogP contribution in [0.2, 0.25) is 5.02 Å². The van der Waals surface area contributed by atoms with Crippen molar-refractivity contribution >= 4 is 35.0 Å². The molecule has 0 heterocycles. The summed E-state index contributed by atoms with van der Waals surface area (Å²) in [6, 6.07) is 5.58. The third-order valence-electron chi connectivity index (χ3n) is 5.09. The molecule has 25 heavy (non-hydrogen) atoms. The summed E-state index contributed by atoms with van der Waals surface area (Å²) in [5, 5.41) is 3.58. The first-order valence-corrected chi connectivity index (χ1v) is 9.95. The zero-order chi connectivity index (χ0) is 18.7. The summed E-state index contributed by atoms with van der Waals surface area (Å²) in [6.07, 6.45) is 0. The third kappa shape index (κ3) is 4.59. The first kappa shape index (κ1) is 19.9. The van der Waals surface area contributed by atoms with Crippen LogP contribution in [0.4, 0.5) is 5.69 Å². The summed E-state index contributed by atoms with van der Waals surface area (Å²) in [7, 11) is 0. The fourth-order valence-electron chi connectivity index (χ4n) is 2.91. The van der Waals surface area contributed by atoms with E-state index in [2.05, 4.69) is 39.9 Å². The Kier molecular flexibility index (Phi) is 6.59. The number of thioether (sulfide) groups is 1. The number of hydrogen-bond acceptors (Lipinski definition) is 2. The molecule has 0 aromatic heterocycles. The Morgan fingerprint density at radius 1 is 0.960 bits per heavy atom. The Labute approximate surface area is 160 Å². The Hall–Kier alpha value is -1.45. The highest BCUT2D eigenvalue weighted by atomic mass is 35.5. The van der Waals surface area contributed by atoms with Crippen LogP contribution in [0.15, 0.2) is 18.2 Å². The zero-order valence-corrected chi connectivity index (χ0v) is 17.4. The van der Waals surface area contributed by atoms with Gasteiger partial charge in [0.15, 0.2) is 0 Å². The van der Waals surface area contributed by atoms with Crippen molar-refractivity contribution in [3.63, 3.8) is 0 Å². The van der Waals surface area contributed by atoms with Gasteiger partial charge in [0.2, 0.25) is 5.91 Å². The number of amides is 1. The van der Waals surface area contributed by atoms with Crippen molar-refractivity contribution in [1.29, 1.82) is 0 Å². The van der Waals surface area contributed by atoms with Crippen molar-refractivity contribution in [3.05, 3.63) is 62.2 Å². The van der Waals surface area contributed by atoms with Gasteiger partial charge in [-0.2, -0.15) is 0 Å². The van der Waals surface area contributed by atoms with Gasteiger partial charge < -0.3 is 5.32 Å². The molecule has 2 rings (SSSR count). The van der Waals surface area contributed by atoms with E-state index < -0.39 is 0 Å². The summed E-state index contributed by atoms with van der Waals surface area (Å²) in [5.41, 5.74) is 9.89. The smallest absolute Gasteiger partial charge is 0.234 e. The second kappa shape index (κ2) is 8.29. The molecular formula is C21H26ClNOS. The van der Waals surface area contributed by atoms with E-state index in [4.69, 9.17) is 11.6 Å². The molecule has 2 nitrogen and oxygen atoms in total. The van der Waals surface area contributed by atoms with Gasteiger partial charge in [0.05, 0.1) is 5.75 Å². The Balaban J connectivity index is 1.99. The summed E-state index contributed by atoms with van der Waals surface area (Å²) in [4.78, 5) is 12.2. The van der Waals surface area contributed by atoms with Crippen molar-refractivity contribution in [3.8, 4) is 0 Å². The number of hydrogen-bond donors (Lipinski definition) is 1. The monoisotopic (exact) mass is 375 g/mol. The highest BCUT2D eigenvalue weighted by Crippen LogP contribution is 2.29. The molecule has 0 unspecified atom stereocenters. The molecule has 0 saturated heterocycles. The van der Waals surface area contributed by atoms with Crippen LogP contribution in [-0.4, -0.2) is 11.7 Å². The van der Waals surface area contributed by atoms with Gasteiger partial charge in [0.1, 0.15) is 0 Å². The number of nitrogens with one attached hydrogen (secondary N) is 1. The van der Waals surface area contributed by atoms with Gasteiger partial charge in [-0.1, -0.05) is 17.7 Å². The molecule has 2 aromatic rings. The van der Waals surface area contributed by atoms with Gasteiger partial charge in [-0.15, -0.1) is 11.8 Å². The molecule has 0 radical (unpaired) electrons. The van der Waals surface area contributed by atoms with Crippen LogP contribution in [0.3, 0.4) is 0 Å². The first-order valence-electron chi connectivity index (χ1n) is 8.42. The fraction of sp³-hybridized carbons (Fsp3) is 0.381. The number of carbonyl (C=O) groups is 1. The van der Waals surface area contributed by atoms with Crippen molar-refractivity contribution < 1.29 is 4.79 Å². The predicted molar refractivity (Wildman–Crippen MR) is 111 cm³/mol. The van der Waals surface area contributed by atoms with Crippen LogP contribution in [0.5, 0.6) is 0 Å². The number of benzene rings is 2. The molecule has 0 aliphatic heterocycles. The van der Waals surface area contributed by atoms with Gasteiger partial charge in [0, 0.05) is 16.5 Å². The Morgan fingerprint density at radius 3 is 2.08 bits per heavy atom. The average Bonchev–Trinajstić information content (AvgIpc) is 2.57. The quantitative estimate of drug-likeness (QED) is 0.687. The topological polar surface area (TPSA) is 29.1 Å². The van der Waals surface area contributed by atoms with Crippen molar-refractivity contribution in [2.75, 3.05) is 11.1 Å². The van der Waals surface area contributed by atoms with E-state index in [1.807, 2.05) is 19.1 Å². The highest BCUT2D eigenvalue weighted by Gasteiger charge is 2.13. The summed E-state index contributed by atoms with van der Waals surface area (Å²) in [6.45, 7) is 12.8. The molecule has 4 heteroatoms. The van der Waals surface area contributed by atoms with Crippen molar-refractivity contribution in [2.24, 2.45) is 0 Å². The summed E-state index contributed by atoms with van der Waals surface area (Å²) < 4.78 is 0. The molecule has 0 aliphatic rings. The second-order valence-electron chi connectivity index (χ2n) is 6.61. The van der Waals surface area contributed by atoms with Gasteiger partial charge in [-0.05, 0) is 92.6 Å². The molecule has 0 saturated carbocycles. The number of carbonyl (C=O) groups excluding carboxylic acids is 1. The second-order valence-corrected chi connectivity index (χ2v) is 8.00. The molecule has 1 amide bonds. The molecular weight excluding hydrogens is 350 g/mol. The van der Waals surface area contributed by atoms with Crippen LogP contribution in [0.1, 0.15) is 38.9 Å². The maximum Gasteiger partial charge on any atom is 0.234 e. The first-order chi connectivity index (χ1) is 11.7. The Morgan fingerprint density at radius 2 is 1.52 bits per heavy atom. The lowest BCUT2D eigenvalue weighted by molar-refractivity contribution is -0.113. The minimum atomic E-state index is 0.000724. The van der Waals surface area contributed by atoms with E-state index in [1.54, 1.807) is 17.8 Å². The zero-order valence-electron chi connectivity index (χ0n) is 15.8. The SMILES string of the molecule is Cc1ccc(NC(=O)CSCc2c(C)c(C)c(C)c(C)c2C)cc1Cl. The molecule has 1 N–H and O–H groups in total. The van der Waals surface area contributed by atoms with E-state index in [0.717, 1.165) is 17.0 Å². The van der Waals surface area contributed by atoms with Crippen molar-refractivity contribution in [2.45, 2.75) is 47.3 Å². The lowest BCUT2D eigenvalue weighted by Crippen LogP contribution is -2.14. The Bertz CT molecular complexity index is 785. The van der Waals surface area contributed by atoms with Gasteiger partial charge in [0.25, 0.3) is 0 Å². The number of aryl methyl sites for hydroxylation is 1. The number of anilines is 1. The normalized spacial score (nSPS) is 10.8. The molecule has 0 bridgehead atoms. The molecule has 2 aromatic carbocycles. The maximum absolute atomic E-state index is 12.2. The van der Waals surface area contributed by atoms with Gasteiger partial charge >= 0.3 is 0 Å². The van der Waals surface area contributed by atoms with Crippen LogP contribution < -0.4 is 5.32 Å². The minimum absolute atomic E-state index is 0.000724. The largest absolute Gasteiger partial charge is 0.325 e. The molecule has 0 aliphatic carbocycles. The van der Waals surface area contributed by atoms with Gasteiger partial charge in [-0.3, -0.25) is 4.79 Å². The minimum Gasteiger partial charge on any atom is -0.325 e. The van der Waals surface area contributed by atoms with Crippen LogP contribution in [0.25, 0.3) is 0 Å². The maximum atomic E-state index is 12.2. The predicted octanol–water partition coefficient (Wildman–Crippen LogP) is 6.06. The number of halogens is 1. The molecule has 134 valence electrons. The van der Waals surface area contributed by atoms with E-state index in [9.17, 15) is 4.79 Å². The van der Waals surface area contributed by atoms with E-state index in [0.29, 0.717) is 10.8 Å². The highest BCUT2D eigenvalue weighted by molar-refractivity contribution is 7.99. The van der Waals surface area contributed by atoms with Crippen LogP contribution in [-0.2, 0) is 10.5 Å². The van der Waals surface area contributed by atoms with E-state index in [-0.39, 0.29) is 5.91 Å². The van der Waals surface area contributed by atoms with E-state index >= 15 is 0 Å². The van der Waals surface area contributed by atoms with Gasteiger partial charge in [-0.25, -0.2) is 0 Å². The lowest BCUT2D eigenvalue weighted by Gasteiger charge is -2.18.